The largest absolute Gasteiger partial charge is 0.481 e. The van der Waals surface area contributed by atoms with Crippen molar-refractivity contribution in [2.45, 2.75) is 38.5 Å². The van der Waals surface area contributed by atoms with Crippen molar-refractivity contribution in [1.82, 2.24) is 9.80 Å². The second-order valence-electron chi connectivity index (χ2n) is 8.46. The maximum Gasteiger partial charge on any atom is 0.303 e. The van der Waals surface area contributed by atoms with E-state index >= 15 is 0 Å². The molecular weight excluding hydrogens is 607 g/mol. The van der Waals surface area contributed by atoms with Crippen LogP contribution in [0.1, 0.15) is 80.0 Å². The van der Waals surface area contributed by atoms with Gasteiger partial charge in [0.15, 0.2) is 0 Å². The third-order valence-electron chi connectivity index (χ3n) is 5.78. The predicted octanol–water partition coefficient (Wildman–Crippen LogP) is 4.80. The summed E-state index contributed by atoms with van der Waals surface area (Å²) in [6.07, 6.45) is 2.47. The van der Waals surface area contributed by atoms with Gasteiger partial charge in [-0.15, -0.1) is 0 Å². The fourth-order valence-electron chi connectivity index (χ4n) is 3.96. The zero-order valence-electron chi connectivity index (χ0n) is 21.0. The number of benzene rings is 2. The van der Waals surface area contributed by atoms with E-state index in [1.54, 1.807) is 48.5 Å². The lowest BCUT2D eigenvalue weighted by atomic mass is 10.1. The molecule has 10 nitrogen and oxygen atoms in total. The Bertz CT molecular complexity index is 1150. The van der Waals surface area contributed by atoms with E-state index in [2.05, 4.69) is 21.4 Å². The molecule has 40 heavy (non-hydrogen) atoms. The molecule has 2 aromatic carbocycles. The average molecular weight is 632 g/mol. The van der Waals surface area contributed by atoms with E-state index in [-0.39, 0.29) is 43.0 Å². The van der Waals surface area contributed by atoms with Gasteiger partial charge in [0.05, 0.1) is 22.3 Å². The summed E-state index contributed by atoms with van der Waals surface area (Å²) in [5, 5.41) is 8.11. The Morgan fingerprint density at radius 3 is 1.23 bits per heavy atom. The molecule has 2 aromatic rings. The predicted molar refractivity (Wildman–Crippen MR) is 150 cm³/mol. The summed E-state index contributed by atoms with van der Waals surface area (Å²) in [6, 6.07) is 13.5. The molecule has 2 heterocycles. The minimum absolute atomic E-state index is 0.0587. The molecule has 1 N–H and O–H groups in total. The summed E-state index contributed by atoms with van der Waals surface area (Å²) in [7, 11) is 7.36. The normalized spacial score (nSPS) is 13.4. The molecule has 14 heteroatoms. The Kier molecular flexibility index (Phi) is 13.4. The molecule has 4 rings (SSSR count). The molecule has 0 aliphatic carbocycles. The maximum atomic E-state index is 11.9. The number of imide groups is 2. The summed E-state index contributed by atoms with van der Waals surface area (Å²) in [5.41, 5.74) is 1.77. The van der Waals surface area contributed by atoms with Crippen molar-refractivity contribution >= 4 is 77.0 Å². The summed E-state index contributed by atoms with van der Waals surface area (Å²) in [4.78, 5) is 71.1. The Morgan fingerprint density at radius 2 is 0.950 bits per heavy atom. The number of fused-ring (bicyclic) bond motifs is 2. The van der Waals surface area contributed by atoms with E-state index in [4.69, 9.17) is 20.9 Å². The molecule has 4 amide bonds. The van der Waals surface area contributed by atoms with Crippen molar-refractivity contribution in [3.63, 3.8) is 0 Å². The van der Waals surface area contributed by atoms with Gasteiger partial charge in [0.2, 0.25) is 14.5 Å². The minimum Gasteiger partial charge on any atom is -0.481 e. The maximum absolute atomic E-state index is 11.9. The molecule has 0 saturated carbocycles. The third kappa shape index (κ3) is 9.51. The number of rotatable bonds is 10. The lowest BCUT2D eigenvalue weighted by molar-refractivity contribution is -0.137. The van der Waals surface area contributed by atoms with Gasteiger partial charge in [0.1, 0.15) is 0 Å². The number of nitrogens with zero attached hydrogens (tertiary/aromatic N) is 2. The van der Waals surface area contributed by atoms with E-state index in [1.165, 1.54) is 9.80 Å². The lowest BCUT2D eigenvalue weighted by Gasteiger charge is -2.12. The molecule has 0 bridgehead atoms. The molecule has 0 aromatic heterocycles. The lowest BCUT2D eigenvalue weighted by Crippen LogP contribution is -2.30. The van der Waals surface area contributed by atoms with E-state index < -0.39 is 20.4 Å². The van der Waals surface area contributed by atoms with Gasteiger partial charge < -0.3 is 5.11 Å². The summed E-state index contributed by atoms with van der Waals surface area (Å²) < 4.78 is 9.09. The highest BCUT2D eigenvalue weighted by molar-refractivity contribution is 8.26. The number of carbonyl (C=O) groups is 6. The van der Waals surface area contributed by atoms with Gasteiger partial charge in [-0.2, -0.15) is 0 Å². The quantitative estimate of drug-likeness (QED) is 0.224. The Hall–Kier alpha value is -3.12. The summed E-state index contributed by atoms with van der Waals surface area (Å²) in [5.74, 6) is -1.95. The van der Waals surface area contributed by atoms with Crippen molar-refractivity contribution < 1.29 is 38.1 Å². The first kappa shape index (κ1) is 33.1. The van der Waals surface area contributed by atoms with Gasteiger partial charge in [-0.05, 0) is 61.5 Å². The molecule has 214 valence electrons. The van der Waals surface area contributed by atoms with E-state index in [0.29, 0.717) is 54.5 Å². The van der Waals surface area contributed by atoms with Gasteiger partial charge in [0.25, 0.3) is 23.6 Å². The van der Waals surface area contributed by atoms with Crippen molar-refractivity contribution in [2.75, 3.05) is 13.1 Å². The topological polar surface area (TPSA) is 146 Å². The van der Waals surface area contributed by atoms with Crippen molar-refractivity contribution in [3.8, 4) is 0 Å². The van der Waals surface area contributed by atoms with Gasteiger partial charge in [-0.25, -0.2) is 4.21 Å². The number of carboxylic acids is 1. The number of hydrogen-bond donors (Lipinski definition) is 1. The van der Waals surface area contributed by atoms with Crippen molar-refractivity contribution in [3.05, 3.63) is 70.8 Å². The number of hydrogen-bond acceptors (Lipinski definition) is 7. The fraction of sp³-hybridized carbons (Fsp3) is 0.308. The highest BCUT2D eigenvalue weighted by Gasteiger charge is 2.35. The molecule has 0 atom stereocenters. The van der Waals surface area contributed by atoms with Crippen LogP contribution in [0.3, 0.4) is 0 Å². The molecule has 0 spiro atoms. The number of unbranched alkanes of at least 4 members (excludes halogenated alkanes) is 2. The third-order valence-corrected chi connectivity index (χ3v) is 5.97. The molecule has 2 aliphatic rings. The van der Waals surface area contributed by atoms with E-state index in [9.17, 15) is 28.8 Å². The number of carboxylic acid groups (broad SMARTS) is 1. The first-order valence-corrected chi connectivity index (χ1v) is 15.2. The van der Waals surface area contributed by atoms with E-state index in [0.717, 1.165) is 0 Å². The van der Waals surface area contributed by atoms with Crippen LogP contribution >= 0.6 is 33.0 Å². The van der Waals surface area contributed by atoms with Gasteiger partial charge in [0, 0.05) is 47.3 Å². The standard InChI is InChI=1S/C13H12ClNO3.C13H13NO4.Cl2OS/c14-11(16)7-3-4-8-15-12(17)9-5-1-2-6-10(9)13(15)18;15-11(16)7-3-4-8-14-12(17)9-5-1-2-6-10(9)13(14)18;1-4(2)3/h1-2,5-6H,3-4,7-8H2;1-2,5-6H,3-4,7-8H2,(H,15,16);. The zero-order valence-corrected chi connectivity index (χ0v) is 24.1. The van der Waals surface area contributed by atoms with Crippen LogP contribution in [-0.2, 0) is 18.8 Å². The van der Waals surface area contributed by atoms with Gasteiger partial charge >= 0.3 is 5.97 Å². The fourth-order valence-corrected chi connectivity index (χ4v) is 4.10. The summed E-state index contributed by atoms with van der Waals surface area (Å²) >= 11 is 5.22. The molecule has 0 saturated heterocycles. The van der Waals surface area contributed by atoms with Crippen molar-refractivity contribution in [2.24, 2.45) is 0 Å². The number of carbonyl (C=O) groups excluding carboxylic acids is 5. The van der Waals surface area contributed by atoms with Crippen LogP contribution in [0.4, 0.5) is 0 Å². The average Bonchev–Trinajstić information content (AvgIpc) is 3.29. The molecule has 0 radical (unpaired) electrons. The van der Waals surface area contributed by atoms with Gasteiger partial charge in [-0.3, -0.25) is 38.6 Å². The molecule has 2 aliphatic heterocycles. The van der Waals surface area contributed by atoms with Crippen LogP contribution < -0.4 is 0 Å². The van der Waals surface area contributed by atoms with Gasteiger partial charge in [-0.1, -0.05) is 24.3 Å². The first-order chi connectivity index (χ1) is 19.0. The van der Waals surface area contributed by atoms with E-state index in [1.807, 2.05) is 0 Å². The smallest absolute Gasteiger partial charge is 0.303 e. The second kappa shape index (κ2) is 16.2. The van der Waals surface area contributed by atoms with Crippen molar-refractivity contribution in [1.29, 1.82) is 0 Å². The number of halogens is 3. The Labute approximate surface area is 246 Å². The zero-order chi connectivity index (χ0) is 29.8. The number of aliphatic carboxylic acids is 1. The van der Waals surface area contributed by atoms with Crippen LogP contribution in [0.2, 0.25) is 0 Å². The Morgan fingerprint density at radius 1 is 0.650 bits per heavy atom. The number of amides is 4. The van der Waals surface area contributed by atoms with Crippen LogP contribution in [0.15, 0.2) is 48.5 Å². The monoisotopic (exact) mass is 630 g/mol. The summed E-state index contributed by atoms with van der Waals surface area (Å²) in [6.45, 7) is 0.607. The molecule has 0 fully saturated rings. The van der Waals surface area contributed by atoms with Crippen LogP contribution in [-0.4, -0.2) is 67.0 Å². The second-order valence-corrected chi connectivity index (χ2v) is 11.4. The minimum atomic E-state index is -1.67. The van der Waals surface area contributed by atoms with Crippen LogP contribution in [0, 0.1) is 0 Å². The van der Waals surface area contributed by atoms with Crippen LogP contribution in [0.25, 0.3) is 0 Å². The Balaban J connectivity index is 0.000000247. The highest BCUT2D eigenvalue weighted by atomic mass is 36.0. The SMILES string of the molecule is O=C(Cl)CCCCN1C(=O)c2ccccc2C1=O.O=C(O)CCCCN1C(=O)c2ccccc2C1=O.O=S(Cl)Cl. The van der Waals surface area contributed by atoms with Crippen LogP contribution in [0.5, 0.6) is 0 Å². The first-order valence-electron chi connectivity index (χ1n) is 12.0. The molecule has 0 unspecified atom stereocenters. The highest BCUT2D eigenvalue weighted by Crippen LogP contribution is 2.23. The molecular formula is C26H25Cl3N2O8S.